The van der Waals surface area contributed by atoms with Crippen molar-refractivity contribution in [2.24, 2.45) is 5.92 Å². The monoisotopic (exact) mass is 299 g/mol. The molecule has 3 nitrogen and oxygen atoms in total. The first-order valence-electron chi connectivity index (χ1n) is 7.02. The van der Waals surface area contributed by atoms with E-state index < -0.39 is 17.8 Å². The first kappa shape index (κ1) is 14.4. The average molecular weight is 299 g/mol. The highest BCUT2D eigenvalue weighted by molar-refractivity contribution is 5.81. The van der Waals surface area contributed by atoms with Gasteiger partial charge in [0.15, 0.2) is 0 Å². The van der Waals surface area contributed by atoms with Crippen LogP contribution in [0.1, 0.15) is 36.4 Å². The lowest BCUT2D eigenvalue weighted by Crippen LogP contribution is -2.32. The van der Waals surface area contributed by atoms with Gasteiger partial charge >= 0.3 is 6.18 Å². The molecule has 2 atom stereocenters. The van der Waals surface area contributed by atoms with Crippen molar-refractivity contribution in [3.63, 3.8) is 0 Å². The van der Waals surface area contributed by atoms with Crippen molar-refractivity contribution in [3.8, 4) is 0 Å². The molecule has 1 aromatic carbocycles. The van der Waals surface area contributed by atoms with Gasteiger partial charge in [-0.15, -0.1) is 0 Å². The Morgan fingerprint density at radius 3 is 2.33 bits per heavy atom. The van der Waals surface area contributed by atoms with Crippen LogP contribution in [0.2, 0.25) is 0 Å². The standard InChI is InChI=1S/C15H16F3NO2/c16-15(17,18)11-5-3-9(4-6-11)13-7-12(20)8-19(13)14(21)10-1-2-10/h3-6,10,12-13,20H,1-2,7-8H2. The van der Waals surface area contributed by atoms with Crippen LogP contribution in [0.25, 0.3) is 0 Å². The van der Waals surface area contributed by atoms with Crippen molar-refractivity contribution >= 4 is 5.91 Å². The number of nitrogens with zero attached hydrogens (tertiary/aromatic N) is 1. The van der Waals surface area contributed by atoms with E-state index in [1.165, 1.54) is 12.1 Å². The largest absolute Gasteiger partial charge is 0.416 e. The number of benzene rings is 1. The van der Waals surface area contributed by atoms with Gasteiger partial charge in [0.1, 0.15) is 0 Å². The Morgan fingerprint density at radius 2 is 1.81 bits per heavy atom. The van der Waals surface area contributed by atoms with Gasteiger partial charge in [-0.05, 0) is 37.0 Å². The highest BCUT2D eigenvalue weighted by Crippen LogP contribution is 2.39. The molecular formula is C15H16F3NO2. The number of alkyl halides is 3. The van der Waals surface area contributed by atoms with Crippen LogP contribution in [0.3, 0.4) is 0 Å². The average Bonchev–Trinajstić information content (AvgIpc) is 3.20. The molecule has 1 saturated heterocycles. The molecule has 1 amide bonds. The van der Waals surface area contributed by atoms with Gasteiger partial charge < -0.3 is 10.0 Å². The summed E-state index contributed by atoms with van der Waals surface area (Å²) in [5, 5.41) is 9.79. The van der Waals surface area contributed by atoms with Gasteiger partial charge in [0.05, 0.1) is 17.7 Å². The zero-order valence-corrected chi connectivity index (χ0v) is 11.3. The van der Waals surface area contributed by atoms with Crippen LogP contribution < -0.4 is 0 Å². The molecule has 1 aromatic rings. The predicted molar refractivity (Wildman–Crippen MR) is 69.2 cm³/mol. The molecule has 3 rings (SSSR count). The molecule has 0 spiro atoms. The zero-order valence-electron chi connectivity index (χ0n) is 11.3. The minimum atomic E-state index is -4.36. The second-order valence-corrected chi connectivity index (χ2v) is 5.79. The van der Waals surface area contributed by atoms with Crippen molar-refractivity contribution in [1.82, 2.24) is 4.90 Å². The number of β-amino-alcohol motifs (C(OH)–C–C–N with tert-alkyl or cyclic N) is 1. The molecule has 1 N–H and O–H groups in total. The van der Waals surface area contributed by atoms with Gasteiger partial charge in [-0.1, -0.05) is 12.1 Å². The minimum absolute atomic E-state index is 0.0106. The number of amides is 1. The van der Waals surface area contributed by atoms with Gasteiger partial charge in [-0.25, -0.2) is 0 Å². The van der Waals surface area contributed by atoms with Crippen LogP contribution in [0, 0.1) is 5.92 Å². The van der Waals surface area contributed by atoms with E-state index in [1.54, 1.807) is 4.90 Å². The third-order valence-electron chi connectivity index (χ3n) is 4.11. The Labute approximate surface area is 120 Å². The molecule has 0 bridgehead atoms. The van der Waals surface area contributed by atoms with Crippen molar-refractivity contribution in [2.45, 2.75) is 37.6 Å². The summed E-state index contributed by atoms with van der Waals surface area (Å²) in [7, 11) is 0. The van der Waals surface area contributed by atoms with E-state index in [4.69, 9.17) is 0 Å². The Hall–Kier alpha value is -1.56. The maximum atomic E-state index is 12.6. The molecule has 2 aliphatic rings. The van der Waals surface area contributed by atoms with Crippen LogP contribution in [-0.4, -0.2) is 28.6 Å². The number of halogens is 3. The first-order chi connectivity index (χ1) is 9.86. The summed E-state index contributed by atoms with van der Waals surface area (Å²) in [5.41, 5.74) is -0.0570. The van der Waals surface area contributed by atoms with Crippen molar-refractivity contribution in [1.29, 1.82) is 0 Å². The number of likely N-dealkylation sites (tertiary alicyclic amines) is 1. The van der Waals surface area contributed by atoms with Gasteiger partial charge in [-0.2, -0.15) is 13.2 Å². The van der Waals surface area contributed by atoms with E-state index in [0.29, 0.717) is 12.0 Å². The summed E-state index contributed by atoms with van der Waals surface area (Å²) < 4.78 is 37.7. The van der Waals surface area contributed by atoms with Crippen LogP contribution in [-0.2, 0) is 11.0 Å². The smallest absolute Gasteiger partial charge is 0.391 e. The fraction of sp³-hybridized carbons (Fsp3) is 0.533. The molecule has 0 aromatic heterocycles. The highest BCUT2D eigenvalue weighted by Gasteiger charge is 2.41. The summed E-state index contributed by atoms with van der Waals surface area (Å²) in [5.74, 6) is 0.0451. The number of hydrogen-bond acceptors (Lipinski definition) is 2. The van der Waals surface area contributed by atoms with Gasteiger partial charge in [-0.3, -0.25) is 4.79 Å². The number of hydrogen-bond donors (Lipinski definition) is 1. The Kier molecular flexibility index (Phi) is 3.43. The molecule has 6 heteroatoms. The van der Waals surface area contributed by atoms with E-state index in [9.17, 15) is 23.1 Å². The van der Waals surface area contributed by atoms with Gasteiger partial charge in [0.2, 0.25) is 5.91 Å². The highest BCUT2D eigenvalue weighted by atomic mass is 19.4. The maximum absolute atomic E-state index is 12.6. The van der Waals surface area contributed by atoms with Gasteiger partial charge in [0.25, 0.3) is 0 Å². The number of aliphatic hydroxyl groups is 1. The molecule has 1 aliphatic heterocycles. The van der Waals surface area contributed by atoms with Crippen LogP contribution in [0.15, 0.2) is 24.3 Å². The van der Waals surface area contributed by atoms with E-state index in [2.05, 4.69) is 0 Å². The SMILES string of the molecule is O=C(C1CC1)N1CC(O)CC1c1ccc(C(F)(F)F)cc1. The Balaban J connectivity index is 1.82. The number of carbonyl (C=O) groups is 1. The van der Waals surface area contributed by atoms with E-state index in [-0.39, 0.29) is 24.4 Å². The zero-order chi connectivity index (χ0) is 15.2. The second-order valence-electron chi connectivity index (χ2n) is 5.79. The molecule has 0 radical (unpaired) electrons. The molecule has 114 valence electrons. The Bertz CT molecular complexity index is 537. The summed E-state index contributed by atoms with van der Waals surface area (Å²) >= 11 is 0. The lowest BCUT2D eigenvalue weighted by molar-refractivity contribution is -0.137. The van der Waals surface area contributed by atoms with E-state index in [1.807, 2.05) is 0 Å². The van der Waals surface area contributed by atoms with Crippen LogP contribution >= 0.6 is 0 Å². The van der Waals surface area contributed by atoms with Gasteiger partial charge in [0, 0.05) is 12.5 Å². The molecule has 1 saturated carbocycles. The lowest BCUT2D eigenvalue weighted by atomic mass is 10.0. The normalized spacial score (nSPS) is 26.2. The van der Waals surface area contributed by atoms with E-state index >= 15 is 0 Å². The topological polar surface area (TPSA) is 40.5 Å². The molecule has 2 fully saturated rings. The molecular weight excluding hydrogens is 283 g/mol. The minimum Gasteiger partial charge on any atom is -0.391 e. The maximum Gasteiger partial charge on any atom is 0.416 e. The molecule has 1 heterocycles. The lowest BCUT2D eigenvalue weighted by Gasteiger charge is -2.25. The fourth-order valence-electron chi connectivity index (χ4n) is 2.83. The summed E-state index contributed by atoms with van der Waals surface area (Å²) in [6.07, 6.45) is -2.86. The molecule has 2 unspecified atom stereocenters. The summed E-state index contributed by atoms with van der Waals surface area (Å²) in [4.78, 5) is 13.8. The Morgan fingerprint density at radius 1 is 1.19 bits per heavy atom. The number of aliphatic hydroxyl groups excluding tert-OH is 1. The van der Waals surface area contributed by atoms with Crippen molar-refractivity contribution in [3.05, 3.63) is 35.4 Å². The molecule has 1 aliphatic carbocycles. The van der Waals surface area contributed by atoms with E-state index in [0.717, 1.165) is 25.0 Å². The predicted octanol–water partition coefficient (Wildman–Crippen LogP) is 2.75. The summed E-state index contributed by atoms with van der Waals surface area (Å²) in [6.45, 7) is 0.265. The molecule has 21 heavy (non-hydrogen) atoms. The fourth-order valence-corrected chi connectivity index (χ4v) is 2.83. The third-order valence-corrected chi connectivity index (χ3v) is 4.11. The van der Waals surface area contributed by atoms with Crippen molar-refractivity contribution < 1.29 is 23.1 Å². The first-order valence-corrected chi connectivity index (χ1v) is 7.02. The number of rotatable bonds is 2. The van der Waals surface area contributed by atoms with Crippen molar-refractivity contribution in [2.75, 3.05) is 6.54 Å². The second kappa shape index (κ2) is 5.02. The number of carbonyl (C=O) groups excluding carboxylic acids is 1. The quantitative estimate of drug-likeness (QED) is 0.912. The van der Waals surface area contributed by atoms with Crippen LogP contribution in [0.4, 0.5) is 13.2 Å². The third kappa shape index (κ3) is 2.90. The van der Waals surface area contributed by atoms with Crippen LogP contribution in [0.5, 0.6) is 0 Å². The summed E-state index contributed by atoms with van der Waals surface area (Å²) in [6, 6.07) is 4.53.